The van der Waals surface area contributed by atoms with E-state index in [1.54, 1.807) is 18.4 Å². The second kappa shape index (κ2) is 5.91. The first-order valence-corrected chi connectivity index (χ1v) is 7.18. The van der Waals surface area contributed by atoms with Crippen molar-refractivity contribution >= 4 is 27.3 Å². The molecule has 1 N–H and O–H groups in total. The first kappa shape index (κ1) is 13.6. The molecule has 1 atom stereocenters. The molecule has 0 saturated heterocycles. The third kappa shape index (κ3) is 2.79. The topological polar surface area (TPSA) is 12.0 Å². The SMILES string of the molecule is CNC(Cc1c(F)ccc(Br)c1F)c1ccsc1. The number of nitrogens with one attached hydrogen (secondary N) is 1. The average molecular weight is 332 g/mol. The van der Waals surface area contributed by atoms with Crippen molar-refractivity contribution in [2.24, 2.45) is 0 Å². The molecule has 0 aliphatic carbocycles. The molecule has 0 radical (unpaired) electrons. The largest absolute Gasteiger partial charge is 0.313 e. The zero-order chi connectivity index (χ0) is 13.1. The zero-order valence-corrected chi connectivity index (χ0v) is 12.1. The second-order valence-electron chi connectivity index (χ2n) is 3.92. The van der Waals surface area contributed by atoms with E-state index in [1.807, 2.05) is 16.8 Å². The highest BCUT2D eigenvalue weighted by Crippen LogP contribution is 2.27. The molecule has 2 aromatic rings. The van der Waals surface area contributed by atoms with Gasteiger partial charge in [0.15, 0.2) is 0 Å². The zero-order valence-electron chi connectivity index (χ0n) is 9.71. The van der Waals surface area contributed by atoms with Crippen LogP contribution in [0.25, 0.3) is 0 Å². The minimum absolute atomic E-state index is 0.0884. The van der Waals surface area contributed by atoms with Gasteiger partial charge in [0.1, 0.15) is 11.6 Å². The number of rotatable bonds is 4. The Kier molecular flexibility index (Phi) is 4.48. The van der Waals surface area contributed by atoms with Crippen LogP contribution < -0.4 is 5.32 Å². The highest BCUT2D eigenvalue weighted by atomic mass is 79.9. The lowest BCUT2D eigenvalue weighted by molar-refractivity contribution is 0.513. The first-order valence-electron chi connectivity index (χ1n) is 5.45. The minimum atomic E-state index is -0.523. The summed E-state index contributed by atoms with van der Waals surface area (Å²) in [5.74, 6) is -1.03. The highest BCUT2D eigenvalue weighted by molar-refractivity contribution is 9.10. The maximum absolute atomic E-state index is 13.9. The number of thiophene rings is 1. The Labute approximate surface area is 117 Å². The van der Waals surface area contributed by atoms with Gasteiger partial charge in [-0.05, 0) is 63.9 Å². The molecule has 0 fully saturated rings. The molecule has 0 amide bonds. The number of hydrogen-bond donors (Lipinski definition) is 1. The van der Waals surface area contributed by atoms with Crippen LogP contribution in [0.4, 0.5) is 8.78 Å². The Morgan fingerprint density at radius 2 is 2.11 bits per heavy atom. The van der Waals surface area contributed by atoms with Crippen LogP contribution in [0.3, 0.4) is 0 Å². The average Bonchev–Trinajstić information content (AvgIpc) is 2.88. The Hall–Kier alpha value is -0.780. The van der Waals surface area contributed by atoms with E-state index in [4.69, 9.17) is 0 Å². The van der Waals surface area contributed by atoms with Gasteiger partial charge in [0.2, 0.25) is 0 Å². The summed E-state index contributed by atoms with van der Waals surface area (Å²) in [5.41, 5.74) is 1.15. The molecule has 1 aromatic carbocycles. The van der Waals surface area contributed by atoms with E-state index in [1.165, 1.54) is 12.1 Å². The van der Waals surface area contributed by atoms with Crippen molar-refractivity contribution in [2.45, 2.75) is 12.5 Å². The molecule has 1 aromatic heterocycles. The van der Waals surface area contributed by atoms with E-state index in [0.717, 1.165) is 5.56 Å². The molecule has 2 rings (SSSR count). The molecule has 0 spiro atoms. The summed E-state index contributed by atoms with van der Waals surface area (Å²) in [6, 6.07) is 4.53. The van der Waals surface area contributed by atoms with E-state index in [9.17, 15) is 8.78 Å². The van der Waals surface area contributed by atoms with Gasteiger partial charge in [-0.1, -0.05) is 0 Å². The van der Waals surface area contributed by atoms with Crippen molar-refractivity contribution < 1.29 is 8.78 Å². The summed E-state index contributed by atoms with van der Waals surface area (Å²) in [6.45, 7) is 0. The normalized spacial score (nSPS) is 12.7. The Morgan fingerprint density at radius 3 is 2.72 bits per heavy atom. The van der Waals surface area contributed by atoms with Crippen LogP contribution in [-0.4, -0.2) is 7.05 Å². The monoisotopic (exact) mass is 331 g/mol. The molecule has 18 heavy (non-hydrogen) atoms. The predicted molar refractivity (Wildman–Crippen MR) is 73.9 cm³/mol. The number of likely N-dealkylation sites (N-methyl/N-ethyl adjacent to an activating group) is 1. The highest BCUT2D eigenvalue weighted by Gasteiger charge is 2.18. The molecule has 0 aliphatic heterocycles. The van der Waals surface area contributed by atoms with Crippen LogP contribution in [0, 0.1) is 11.6 Å². The van der Waals surface area contributed by atoms with Gasteiger partial charge in [0, 0.05) is 11.6 Å². The molecule has 0 bridgehead atoms. The summed E-state index contributed by atoms with van der Waals surface area (Å²) in [6.07, 6.45) is 0.282. The molecule has 5 heteroatoms. The summed E-state index contributed by atoms with van der Waals surface area (Å²) in [7, 11) is 1.79. The molecule has 96 valence electrons. The third-order valence-electron chi connectivity index (χ3n) is 2.84. The van der Waals surface area contributed by atoms with Gasteiger partial charge in [0.05, 0.1) is 4.47 Å². The summed E-state index contributed by atoms with van der Waals surface area (Å²) in [4.78, 5) is 0. The lowest BCUT2D eigenvalue weighted by Crippen LogP contribution is -2.19. The minimum Gasteiger partial charge on any atom is -0.313 e. The smallest absolute Gasteiger partial charge is 0.143 e. The molecule has 1 nitrogen and oxygen atoms in total. The predicted octanol–water partition coefficient (Wildman–Crippen LogP) is 4.29. The number of halogens is 3. The van der Waals surface area contributed by atoms with Crippen LogP contribution in [0.5, 0.6) is 0 Å². The number of hydrogen-bond acceptors (Lipinski definition) is 2. The first-order chi connectivity index (χ1) is 8.63. The van der Waals surface area contributed by atoms with Gasteiger partial charge in [-0.15, -0.1) is 0 Å². The molecular formula is C13H12BrF2NS. The fraction of sp³-hybridized carbons (Fsp3) is 0.231. The number of benzene rings is 1. The Balaban J connectivity index is 2.30. The van der Waals surface area contributed by atoms with Crippen molar-refractivity contribution in [3.63, 3.8) is 0 Å². The Morgan fingerprint density at radius 1 is 1.33 bits per heavy atom. The van der Waals surface area contributed by atoms with Crippen LogP contribution in [0.15, 0.2) is 33.4 Å². The van der Waals surface area contributed by atoms with E-state index in [-0.39, 0.29) is 18.0 Å². The van der Waals surface area contributed by atoms with Crippen LogP contribution in [0.1, 0.15) is 17.2 Å². The van der Waals surface area contributed by atoms with Gasteiger partial charge in [-0.3, -0.25) is 0 Å². The second-order valence-corrected chi connectivity index (χ2v) is 5.56. The molecule has 0 saturated carbocycles. The van der Waals surface area contributed by atoms with Crippen LogP contribution in [0.2, 0.25) is 0 Å². The van der Waals surface area contributed by atoms with Crippen LogP contribution in [-0.2, 0) is 6.42 Å². The van der Waals surface area contributed by atoms with Crippen molar-refractivity contribution in [3.05, 3.63) is 56.2 Å². The fourth-order valence-corrected chi connectivity index (χ4v) is 2.91. The van der Waals surface area contributed by atoms with Gasteiger partial charge in [-0.2, -0.15) is 11.3 Å². The maximum atomic E-state index is 13.9. The molecule has 0 aliphatic rings. The summed E-state index contributed by atoms with van der Waals surface area (Å²) in [5, 5.41) is 7.02. The van der Waals surface area contributed by atoms with Gasteiger partial charge >= 0.3 is 0 Å². The quantitative estimate of drug-likeness (QED) is 0.824. The van der Waals surface area contributed by atoms with Crippen molar-refractivity contribution in [1.82, 2.24) is 5.32 Å². The third-order valence-corrected chi connectivity index (χ3v) is 4.16. The van der Waals surface area contributed by atoms with E-state index in [0.29, 0.717) is 4.47 Å². The summed E-state index contributed by atoms with van der Waals surface area (Å²) >= 11 is 4.65. The van der Waals surface area contributed by atoms with Crippen molar-refractivity contribution in [2.75, 3.05) is 7.05 Å². The Bertz CT molecular complexity index is 528. The maximum Gasteiger partial charge on any atom is 0.143 e. The molecule has 1 unspecified atom stereocenters. The lowest BCUT2D eigenvalue weighted by atomic mass is 10.0. The van der Waals surface area contributed by atoms with Gasteiger partial charge in [0.25, 0.3) is 0 Å². The summed E-state index contributed by atoms with van der Waals surface area (Å²) < 4.78 is 27.9. The van der Waals surface area contributed by atoms with Gasteiger partial charge in [-0.25, -0.2) is 8.78 Å². The van der Waals surface area contributed by atoms with E-state index < -0.39 is 11.6 Å². The molecular weight excluding hydrogens is 320 g/mol. The van der Waals surface area contributed by atoms with E-state index >= 15 is 0 Å². The van der Waals surface area contributed by atoms with Crippen molar-refractivity contribution in [3.8, 4) is 0 Å². The lowest BCUT2D eigenvalue weighted by Gasteiger charge is -2.16. The molecule has 1 heterocycles. The van der Waals surface area contributed by atoms with Crippen molar-refractivity contribution in [1.29, 1.82) is 0 Å². The van der Waals surface area contributed by atoms with Gasteiger partial charge < -0.3 is 5.32 Å². The standard InChI is InChI=1S/C13H12BrF2NS/c1-17-12(8-4-5-18-7-8)6-9-11(15)3-2-10(14)13(9)16/h2-5,7,12,17H,6H2,1H3. The van der Waals surface area contributed by atoms with E-state index in [2.05, 4.69) is 21.2 Å². The fourth-order valence-electron chi connectivity index (χ4n) is 1.82. The van der Waals surface area contributed by atoms with Crippen LogP contribution >= 0.6 is 27.3 Å².